The topological polar surface area (TPSA) is 25.2 Å². The van der Waals surface area contributed by atoms with Crippen LogP contribution in [0.15, 0.2) is 35.0 Å². The van der Waals surface area contributed by atoms with Crippen molar-refractivity contribution >= 4 is 0 Å². The van der Waals surface area contributed by atoms with Gasteiger partial charge in [0.05, 0.1) is 6.26 Å². The third-order valence-electron chi connectivity index (χ3n) is 1.63. The van der Waals surface area contributed by atoms with E-state index in [0.717, 1.165) is 25.1 Å². The molecule has 0 aliphatic carbocycles. The fourth-order valence-corrected chi connectivity index (χ4v) is 0.974. The third-order valence-corrected chi connectivity index (χ3v) is 1.63. The minimum Gasteiger partial charge on any atom is -0.469 e. The predicted molar refractivity (Wildman–Crippen MR) is 50.1 cm³/mol. The number of hydrogen-bond donors (Lipinski definition) is 1. The van der Waals surface area contributed by atoms with E-state index in [-0.39, 0.29) is 0 Å². The van der Waals surface area contributed by atoms with Gasteiger partial charge in [0.1, 0.15) is 5.76 Å². The van der Waals surface area contributed by atoms with E-state index in [0.29, 0.717) is 0 Å². The van der Waals surface area contributed by atoms with Crippen LogP contribution in [0.1, 0.15) is 12.2 Å². The van der Waals surface area contributed by atoms with Crippen molar-refractivity contribution in [3.05, 3.63) is 36.3 Å². The smallest absolute Gasteiger partial charge is 0.107 e. The Kier molecular flexibility index (Phi) is 4.24. The summed E-state index contributed by atoms with van der Waals surface area (Å²) in [5, 5.41) is 3.09. The minimum atomic E-state index is 0.900. The van der Waals surface area contributed by atoms with E-state index >= 15 is 0 Å². The third kappa shape index (κ3) is 3.39. The Labute approximate surface area is 73.3 Å². The lowest BCUT2D eigenvalue weighted by atomic mass is 10.3. The minimum absolute atomic E-state index is 0.900. The molecule has 1 rings (SSSR count). The van der Waals surface area contributed by atoms with E-state index in [1.807, 2.05) is 19.2 Å². The summed E-state index contributed by atoms with van der Waals surface area (Å²) in [6.45, 7) is 1.04. The Hall–Kier alpha value is -1.02. The summed E-state index contributed by atoms with van der Waals surface area (Å²) >= 11 is 0. The van der Waals surface area contributed by atoms with E-state index in [1.54, 1.807) is 6.26 Å². The highest BCUT2D eigenvalue weighted by Crippen LogP contribution is 2.01. The van der Waals surface area contributed by atoms with E-state index < -0.39 is 0 Å². The van der Waals surface area contributed by atoms with Gasteiger partial charge in [-0.15, -0.1) is 0 Å². The molecule has 66 valence electrons. The van der Waals surface area contributed by atoms with Gasteiger partial charge in [0.25, 0.3) is 0 Å². The molecule has 1 aromatic heterocycles. The SMILES string of the molecule is CNCC/C=C\Cc1ccco1. The van der Waals surface area contributed by atoms with Gasteiger partial charge in [0.15, 0.2) is 0 Å². The second-order valence-electron chi connectivity index (χ2n) is 2.65. The van der Waals surface area contributed by atoms with Crippen molar-refractivity contribution in [1.82, 2.24) is 5.32 Å². The highest BCUT2D eigenvalue weighted by atomic mass is 16.3. The van der Waals surface area contributed by atoms with Crippen LogP contribution >= 0.6 is 0 Å². The second kappa shape index (κ2) is 5.61. The molecule has 2 heteroatoms. The van der Waals surface area contributed by atoms with E-state index in [9.17, 15) is 0 Å². The van der Waals surface area contributed by atoms with Crippen LogP contribution in [0.4, 0.5) is 0 Å². The Morgan fingerprint density at radius 2 is 2.42 bits per heavy atom. The summed E-state index contributed by atoms with van der Waals surface area (Å²) in [5.74, 6) is 1.02. The molecule has 0 spiro atoms. The van der Waals surface area contributed by atoms with Crippen molar-refractivity contribution in [2.24, 2.45) is 0 Å². The van der Waals surface area contributed by atoms with Crippen LogP contribution in [-0.2, 0) is 6.42 Å². The zero-order chi connectivity index (χ0) is 8.65. The quantitative estimate of drug-likeness (QED) is 0.533. The highest BCUT2D eigenvalue weighted by Gasteiger charge is 1.88. The van der Waals surface area contributed by atoms with E-state index in [2.05, 4.69) is 17.5 Å². The molecular weight excluding hydrogens is 150 g/mol. The second-order valence-corrected chi connectivity index (χ2v) is 2.65. The largest absolute Gasteiger partial charge is 0.469 e. The normalized spacial score (nSPS) is 11.1. The lowest BCUT2D eigenvalue weighted by Gasteiger charge is -1.90. The lowest BCUT2D eigenvalue weighted by Crippen LogP contribution is -2.05. The van der Waals surface area contributed by atoms with Gasteiger partial charge in [-0.3, -0.25) is 0 Å². The van der Waals surface area contributed by atoms with Crippen LogP contribution in [0, 0.1) is 0 Å². The zero-order valence-electron chi connectivity index (χ0n) is 7.42. The van der Waals surface area contributed by atoms with Crippen molar-refractivity contribution in [3.8, 4) is 0 Å². The van der Waals surface area contributed by atoms with Crippen LogP contribution in [0.2, 0.25) is 0 Å². The average molecular weight is 165 g/mol. The van der Waals surface area contributed by atoms with E-state index in [4.69, 9.17) is 4.42 Å². The van der Waals surface area contributed by atoms with Crippen molar-refractivity contribution < 1.29 is 4.42 Å². The molecule has 0 saturated heterocycles. The van der Waals surface area contributed by atoms with Gasteiger partial charge in [0, 0.05) is 6.42 Å². The molecule has 12 heavy (non-hydrogen) atoms. The number of allylic oxidation sites excluding steroid dienone is 1. The van der Waals surface area contributed by atoms with Crippen molar-refractivity contribution in [3.63, 3.8) is 0 Å². The summed E-state index contributed by atoms with van der Waals surface area (Å²) < 4.78 is 5.17. The Bertz CT molecular complexity index is 214. The molecule has 0 unspecified atom stereocenters. The number of hydrogen-bond acceptors (Lipinski definition) is 2. The molecule has 0 amide bonds. The standard InChI is InChI=1S/C10H15NO/c1-11-8-4-2-3-6-10-7-5-9-12-10/h2-3,5,7,9,11H,4,6,8H2,1H3/b3-2-. The summed E-state index contributed by atoms with van der Waals surface area (Å²) in [6.07, 6.45) is 7.99. The maximum absolute atomic E-state index is 5.17. The van der Waals surface area contributed by atoms with Gasteiger partial charge < -0.3 is 9.73 Å². The summed E-state index contributed by atoms with van der Waals surface area (Å²) in [6, 6.07) is 3.90. The lowest BCUT2D eigenvalue weighted by molar-refractivity contribution is 0.523. The predicted octanol–water partition coefficient (Wildman–Crippen LogP) is 1.99. The Balaban J connectivity index is 2.13. The number of nitrogens with one attached hydrogen (secondary N) is 1. The fourth-order valence-electron chi connectivity index (χ4n) is 0.974. The van der Waals surface area contributed by atoms with Gasteiger partial charge in [-0.2, -0.15) is 0 Å². The summed E-state index contributed by atoms with van der Waals surface area (Å²) in [7, 11) is 1.96. The van der Waals surface area contributed by atoms with E-state index in [1.165, 1.54) is 0 Å². The molecule has 0 aliphatic rings. The van der Waals surface area contributed by atoms with Crippen molar-refractivity contribution in [2.75, 3.05) is 13.6 Å². The van der Waals surface area contributed by atoms with Gasteiger partial charge >= 0.3 is 0 Å². The molecule has 0 aromatic carbocycles. The molecule has 1 aromatic rings. The fraction of sp³-hybridized carbons (Fsp3) is 0.400. The first kappa shape index (κ1) is 9.07. The first-order valence-corrected chi connectivity index (χ1v) is 4.25. The van der Waals surface area contributed by atoms with Crippen LogP contribution in [0.25, 0.3) is 0 Å². The maximum atomic E-state index is 5.17. The Morgan fingerprint density at radius 1 is 1.50 bits per heavy atom. The molecule has 0 radical (unpaired) electrons. The number of furan rings is 1. The molecule has 0 saturated carbocycles. The Morgan fingerprint density at radius 3 is 3.08 bits per heavy atom. The van der Waals surface area contributed by atoms with Crippen LogP contribution in [0.3, 0.4) is 0 Å². The summed E-state index contributed by atoms with van der Waals surface area (Å²) in [4.78, 5) is 0. The molecule has 0 bridgehead atoms. The molecular formula is C10H15NO. The molecule has 0 aliphatic heterocycles. The van der Waals surface area contributed by atoms with Crippen LogP contribution < -0.4 is 5.32 Å². The molecule has 0 fully saturated rings. The van der Waals surface area contributed by atoms with Gasteiger partial charge in [-0.1, -0.05) is 12.2 Å². The van der Waals surface area contributed by atoms with Gasteiger partial charge in [0.2, 0.25) is 0 Å². The first-order valence-electron chi connectivity index (χ1n) is 4.25. The highest BCUT2D eigenvalue weighted by molar-refractivity contribution is 5.03. The van der Waals surface area contributed by atoms with Crippen molar-refractivity contribution in [2.45, 2.75) is 12.8 Å². The number of rotatable bonds is 5. The first-order chi connectivity index (χ1) is 5.93. The molecule has 2 nitrogen and oxygen atoms in total. The van der Waals surface area contributed by atoms with Gasteiger partial charge in [-0.25, -0.2) is 0 Å². The van der Waals surface area contributed by atoms with Gasteiger partial charge in [-0.05, 0) is 32.1 Å². The molecule has 0 atom stereocenters. The monoisotopic (exact) mass is 165 g/mol. The molecule has 1 N–H and O–H groups in total. The average Bonchev–Trinajstić information content (AvgIpc) is 2.57. The molecule has 1 heterocycles. The summed E-state index contributed by atoms with van der Waals surface area (Å²) in [5.41, 5.74) is 0. The zero-order valence-corrected chi connectivity index (χ0v) is 7.42. The van der Waals surface area contributed by atoms with Crippen molar-refractivity contribution in [1.29, 1.82) is 0 Å². The van der Waals surface area contributed by atoms with Crippen LogP contribution in [0.5, 0.6) is 0 Å². The maximum Gasteiger partial charge on any atom is 0.107 e. The van der Waals surface area contributed by atoms with Crippen LogP contribution in [-0.4, -0.2) is 13.6 Å².